The molecule has 1 saturated heterocycles. The number of amides is 1. The van der Waals surface area contributed by atoms with E-state index in [1.807, 2.05) is 6.92 Å². The van der Waals surface area contributed by atoms with Crippen molar-refractivity contribution in [2.24, 2.45) is 11.8 Å². The number of halogens is 1. The number of carbonyl (C=O) groups is 1. The summed E-state index contributed by atoms with van der Waals surface area (Å²) >= 11 is 1.34. The first-order valence-corrected chi connectivity index (χ1v) is 5.43. The molecule has 0 saturated carbocycles. The molecule has 1 aromatic rings. The summed E-state index contributed by atoms with van der Waals surface area (Å²) in [5.74, 6) is 0.538. The Balaban J connectivity index is 0.00000112. The van der Waals surface area contributed by atoms with Gasteiger partial charge in [-0.25, -0.2) is 0 Å². The molecule has 0 aliphatic carbocycles. The minimum Gasteiger partial charge on any atom is -0.316 e. The third-order valence-corrected chi connectivity index (χ3v) is 3.13. The summed E-state index contributed by atoms with van der Waals surface area (Å²) in [6.07, 6.45) is 0. The van der Waals surface area contributed by atoms with Gasteiger partial charge in [0.2, 0.25) is 11.0 Å². The topological polar surface area (TPSA) is 66.9 Å². The second-order valence-electron chi connectivity index (χ2n) is 3.44. The Hall–Kier alpha value is -0.720. The molecule has 7 heteroatoms. The number of hydrogen-bond donors (Lipinski definition) is 2. The van der Waals surface area contributed by atoms with Gasteiger partial charge < -0.3 is 10.6 Å². The average molecular weight is 249 g/mol. The molecule has 0 aromatic carbocycles. The molecule has 0 radical (unpaired) electrons. The highest BCUT2D eigenvalue weighted by molar-refractivity contribution is 7.13. The van der Waals surface area contributed by atoms with Gasteiger partial charge in [0, 0.05) is 5.92 Å². The zero-order valence-electron chi connectivity index (χ0n) is 8.27. The van der Waals surface area contributed by atoms with Crippen molar-refractivity contribution in [3.8, 4) is 0 Å². The Kier molecular flexibility index (Phi) is 4.44. The van der Waals surface area contributed by atoms with E-state index in [0.717, 1.165) is 13.1 Å². The van der Waals surface area contributed by atoms with Gasteiger partial charge in [-0.3, -0.25) is 4.79 Å². The second-order valence-corrected chi connectivity index (χ2v) is 4.27. The smallest absolute Gasteiger partial charge is 0.229 e. The monoisotopic (exact) mass is 248 g/mol. The van der Waals surface area contributed by atoms with Crippen LogP contribution in [-0.4, -0.2) is 29.2 Å². The third kappa shape index (κ3) is 2.87. The summed E-state index contributed by atoms with van der Waals surface area (Å²) in [6, 6.07) is 0. The normalized spacial score (nSPS) is 17.4. The summed E-state index contributed by atoms with van der Waals surface area (Å²) in [5, 5.41) is 13.9. The molecule has 2 N–H and O–H groups in total. The first-order valence-electron chi connectivity index (χ1n) is 4.55. The van der Waals surface area contributed by atoms with Crippen LogP contribution in [0.1, 0.15) is 6.92 Å². The van der Waals surface area contributed by atoms with Crippen molar-refractivity contribution in [2.75, 3.05) is 18.4 Å². The van der Waals surface area contributed by atoms with Crippen LogP contribution in [0.2, 0.25) is 0 Å². The maximum absolute atomic E-state index is 11.6. The summed E-state index contributed by atoms with van der Waals surface area (Å²) < 4.78 is 0. The molecule has 2 heterocycles. The van der Waals surface area contributed by atoms with Gasteiger partial charge in [0.15, 0.2) is 0 Å². The van der Waals surface area contributed by atoms with Crippen molar-refractivity contribution in [1.29, 1.82) is 0 Å². The molecule has 5 nitrogen and oxygen atoms in total. The van der Waals surface area contributed by atoms with E-state index >= 15 is 0 Å². The lowest BCUT2D eigenvalue weighted by Gasteiger charge is -2.31. The molecule has 1 fully saturated rings. The molecule has 0 bridgehead atoms. The van der Waals surface area contributed by atoms with Crippen molar-refractivity contribution in [1.82, 2.24) is 15.5 Å². The Morgan fingerprint density at radius 3 is 2.93 bits per heavy atom. The van der Waals surface area contributed by atoms with E-state index in [4.69, 9.17) is 0 Å². The minimum atomic E-state index is 0. The summed E-state index contributed by atoms with van der Waals surface area (Å²) in [6.45, 7) is 3.82. The summed E-state index contributed by atoms with van der Waals surface area (Å²) in [7, 11) is 0. The Morgan fingerprint density at radius 1 is 1.73 bits per heavy atom. The number of aromatic nitrogens is 2. The van der Waals surface area contributed by atoms with E-state index in [1.165, 1.54) is 11.3 Å². The molecule has 0 spiro atoms. The first kappa shape index (κ1) is 12.4. The highest BCUT2D eigenvalue weighted by atomic mass is 35.5. The van der Waals surface area contributed by atoms with E-state index in [9.17, 15) is 4.79 Å². The molecule has 1 unspecified atom stereocenters. The van der Waals surface area contributed by atoms with Crippen molar-refractivity contribution in [3.63, 3.8) is 0 Å². The van der Waals surface area contributed by atoms with Gasteiger partial charge in [0.1, 0.15) is 5.51 Å². The van der Waals surface area contributed by atoms with E-state index in [2.05, 4.69) is 20.8 Å². The predicted molar refractivity (Wildman–Crippen MR) is 61.3 cm³/mol. The molecule has 15 heavy (non-hydrogen) atoms. The van der Waals surface area contributed by atoms with Crippen LogP contribution in [0, 0.1) is 11.8 Å². The molecular weight excluding hydrogens is 236 g/mol. The van der Waals surface area contributed by atoms with Crippen LogP contribution in [0.5, 0.6) is 0 Å². The molecule has 1 aliphatic rings. The van der Waals surface area contributed by atoms with Crippen LogP contribution < -0.4 is 10.6 Å². The van der Waals surface area contributed by atoms with Gasteiger partial charge in [0.05, 0.1) is 0 Å². The average Bonchev–Trinajstić information content (AvgIpc) is 2.53. The minimum absolute atomic E-state index is 0. The largest absolute Gasteiger partial charge is 0.316 e. The third-order valence-electron chi connectivity index (χ3n) is 2.52. The maximum atomic E-state index is 11.6. The van der Waals surface area contributed by atoms with Gasteiger partial charge in [-0.15, -0.1) is 22.6 Å². The Bertz CT molecular complexity index is 314. The number of carbonyl (C=O) groups excluding carboxylic acids is 1. The standard InChI is InChI=1S/C8H12N4OS.ClH/c1-5(6-2-9-3-6)7(13)11-8-12-10-4-14-8;/h4-6,9H,2-3H2,1H3,(H,11,12,13);1H. The van der Waals surface area contributed by atoms with Crippen molar-refractivity contribution in [2.45, 2.75) is 6.92 Å². The van der Waals surface area contributed by atoms with Gasteiger partial charge >= 0.3 is 0 Å². The van der Waals surface area contributed by atoms with Crippen LogP contribution in [0.4, 0.5) is 5.13 Å². The fraction of sp³-hybridized carbons (Fsp3) is 0.625. The van der Waals surface area contributed by atoms with Crippen LogP contribution in [0.3, 0.4) is 0 Å². The number of rotatable bonds is 3. The lowest BCUT2D eigenvalue weighted by atomic mass is 9.88. The summed E-state index contributed by atoms with van der Waals surface area (Å²) in [4.78, 5) is 11.6. The van der Waals surface area contributed by atoms with Crippen LogP contribution in [0.15, 0.2) is 5.51 Å². The number of nitrogens with one attached hydrogen (secondary N) is 2. The summed E-state index contributed by atoms with van der Waals surface area (Å²) in [5.41, 5.74) is 1.60. The highest BCUT2D eigenvalue weighted by Gasteiger charge is 2.28. The van der Waals surface area contributed by atoms with Gasteiger partial charge in [-0.1, -0.05) is 18.3 Å². The van der Waals surface area contributed by atoms with Crippen LogP contribution in [0.25, 0.3) is 0 Å². The number of nitrogens with zero attached hydrogens (tertiary/aromatic N) is 2. The SMILES string of the molecule is CC(C(=O)Nc1nncs1)C1CNC1.Cl. The molecule has 1 aliphatic heterocycles. The lowest BCUT2D eigenvalue weighted by Crippen LogP contribution is -2.48. The van der Waals surface area contributed by atoms with Crippen molar-refractivity contribution < 1.29 is 4.79 Å². The highest BCUT2D eigenvalue weighted by Crippen LogP contribution is 2.18. The fourth-order valence-corrected chi connectivity index (χ4v) is 1.77. The molecule has 1 atom stereocenters. The Labute approximate surface area is 98.1 Å². The van der Waals surface area contributed by atoms with E-state index in [-0.39, 0.29) is 24.2 Å². The zero-order chi connectivity index (χ0) is 9.97. The molecule has 2 rings (SSSR count). The van der Waals surface area contributed by atoms with E-state index in [0.29, 0.717) is 11.0 Å². The van der Waals surface area contributed by atoms with E-state index in [1.54, 1.807) is 5.51 Å². The molecule has 1 amide bonds. The molecular formula is C8H13ClN4OS. The number of anilines is 1. The van der Waals surface area contributed by atoms with Crippen molar-refractivity contribution in [3.05, 3.63) is 5.51 Å². The fourth-order valence-electron chi connectivity index (χ4n) is 1.33. The van der Waals surface area contributed by atoms with Gasteiger partial charge in [0.25, 0.3) is 0 Å². The van der Waals surface area contributed by atoms with Crippen molar-refractivity contribution >= 4 is 34.8 Å². The quantitative estimate of drug-likeness (QED) is 0.829. The second kappa shape index (κ2) is 5.39. The van der Waals surface area contributed by atoms with Crippen LogP contribution in [-0.2, 0) is 4.79 Å². The van der Waals surface area contributed by atoms with Gasteiger partial charge in [-0.2, -0.15) is 0 Å². The lowest BCUT2D eigenvalue weighted by molar-refractivity contribution is -0.121. The molecule has 1 aromatic heterocycles. The predicted octanol–water partition coefficient (Wildman–Crippen LogP) is 0.754. The maximum Gasteiger partial charge on any atom is 0.229 e. The van der Waals surface area contributed by atoms with Gasteiger partial charge in [-0.05, 0) is 19.0 Å². The molecule has 84 valence electrons. The Morgan fingerprint density at radius 2 is 2.47 bits per heavy atom. The van der Waals surface area contributed by atoms with E-state index < -0.39 is 0 Å². The number of hydrogen-bond acceptors (Lipinski definition) is 5. The zero-order valence-corrected chi connectivity index (χ0v) is 9.90. The first-order chi connectivity index (χ1) is 6.77. The van der Waals surface area contributed by atoms with Crippen LogP contribution >= 0.6 is 23.7 Å².